The Morgan fingerprint density at radius 2 is 1.66 bits per heavy atom. The van der Waals surface area contributed by atoms with E-state index < -0.39 is 0 Å². The highest BCUT2D eigenvalue weighted by Gasteiger charge is 2.15. The number of phenols is 1. The molecule has 32 heavy (non-hydrogen) atoms. The van der Waals surface area contributed by atoms with Crippen LogP contribution in [0.25, 0.3) is 32.8 Å². The monoisotopic (exact) mass is 446 g/mol. The summed E-state index contributed by atoms with van der Waals surface area (Å²) in [6, 6.07) is 22.2. The van der Waals surface area contributed by atoms with Gasteiger partial charge in [-0.2, -0.15) is 0 Å². The third-order valence-electron chi connectivity index (χ3n) is 5.97. The molecule has 0 amide bonds. The molecule has 5 nitrogen and oxygen atoms in total. The molecule has 5 rings (SSSR count). The number of hydrogen-bond donors (Lipinski definition) is 3. The predicted molar refractivity (Wildman–Crippen MR) is 136 cm³/mol. The number of aromatic hydroxyl groups is 1. The number of nitrogens with zero attached hydrogens (tertiary/aromatic N) is 2. The van der Waals surface area contributed by atoms with Crippen molar-refractivity contribution in [2.24, 2.45) is 0 Å². The second kappa shape index (κ2) is 9.07. The van der Waals surface area contributed by atoms with E-state index in [2.05, 4.69) is 47.2 Å². The van der Waals surface area contributed by atoms with Crippen LogP contribution < -0.4 is 5.32 Å². The number of benzene rings is 3. The number of fused-ring (bicyclic) bond motifs is 4. The summed E-state index contributed by atoms with van der Waals surface area (Å²) in [4.78, 5) is 10.8. The molecule has 0 saturated heterocycles. The molecule has 0 aliphatic rings. The van der Waals surface area contributed by atoms with Crippen molar-refractivity contribution >= 4 is 56.6 Å². The summed E-state index contributed by atoms with van der Waals surface area (Å²) in [5, 5.41) is 16.2. The Balaban J connectivity index is 0.00000245. The van der Waals surface area contributed by atoms with Crippen molar-refractivity contribution < 1.29 is 5.11 Å². The summed E-state index contributed by atoms with van der Waals surface area (Å²) in [7, 11) is 0. The van der Waals surface area contributed by atoms with Crippen LogP contribution in [0.1, 0.15) is 19.4 Å². The fourth-order valence-corrected chi connectivity index (χ4v) is 4.21. The van der Waals surface area contributed by atoms with Gasteiger partial charge in [-0.25, -0.2) is 4.98 Å². The number of H-pyrrole nitrogens is 1. The molecule has 0 fully saturated rings. The highest BCUT2D eigenvalue weighted by Crippen LogP contribution is 2.36. The summed E-state index contributed by atoms with van der Waals surface area (Å²) in [5.41, 5.74) is 6.81. The van der Waals surface area contributed by atoms with Crippen LogP contribution in [-0.2, 0) is 6.54 Å². The van der Waals surface area contributed by atoms with E-state index in [1.54, 1.807) is 6.07 Å². The topological polar surface area (TPSA) is 64.2 Å². The maximum absolute atomic E-state index is 10.4. The molecule has 0 saturated carbocycles. The minimum absolute atomic E-state index is 0. The minimum atomic E-state index is 0. The van der Waals surface area contributed by atoms with Gasteiger partial charge in [0.05, 0.1) is 22.2 Å². The molecule has 0 aliphatic heterocycles. The van der Waals surface area contributed by atoms with Crippen LogP contribution in [0.15, 0.2) is 66.7 Å². The first-order valence-corrected chi connectivity index (χ1v) is 10.8. The number of anilines is 2. The van der Waals surface area contributed by atoms with Crippen LogP contribution >= 0.6 is 12.4 Å². The van der Waals surface area contributed by atoms with Gasteiger partial charge in [0.1, 0.15) is 5.75 Å². The molecule has 2 heterocycles. The Morgan fingerprint density at radius 1 is 0.938 bits per heavy atom. The van der Waals surface area contributed by atoms with E-state index in [0.717, 1.165) is 62.9 Å². The largest absolute Gasteiger partial charge is 0.508 e. The molecule has 0 radical (unpaired) electrons. The Hall–Kier alpha value is -3.28. The normalized spacial score (nSPS) is 11.3. The molecule has 3 N–H and O–H groups in total. The number of rotatable bonds is 6. The quantitative estimate of drug-likeness (QED) is 0.258. The lowest BCUT2D eigenvalue weighted by Crippen LogP contribution is -2.22. The standard InChI is InChI=1S/C26H26N4O.ClH/c1-3-30(4-2)16-17-15-18(13-14-23(17)31)27-24-19-9-5-7-11-21(19)28-25-20-10-6-8-12-22(20)29-26(24)25;/h5-15,29,31H,3-4,16H2,1-2H3,(H,27,28);1H. The van der Waals surface area contributed by atoms with Crippen LogP contribution in [0.2, 0.25) is 0 Å². The molecule has 6 heteroatoms. The zero-order valence-corrected chi connectivity index (χ0v) is 19.0. The van der Waals surface area contributed by atoms with Crippen LogP contribution in [0, 0.1) is 0 Å². The number of phenolic OH excluding ortho intramolecular Hbond substituents is 1. The van der Waals surface area contributed by atoms with Crippen molar-refractivity contribution in [3.63, 3.8) is 0 Å². The lowest BCUT2D eigenvalue weighted by Gasteiger charge is -2.19. The summed E-state index contributed by atoms with van der Waals surface area (Å²) < 4.78 is 0. The van der Waals surface area contributed by atoms with Gasteiger partial charge in [-0.1, -0.05) is 50.2 Å². The number of pyridine rings is 1. The Bertz CT molecular complexity index is 1390. The van der Waals surface area contributed by atoms with E-state index in [-0.39, 0.29) is 12.4 Å². The van der Waals surface area contributed by atoms with Gasteiger partial charge < -0.3 is 15.4 Å². The molecule has 5 aromatic rings. The molecule has 0 bridgehead atoms. The maximum Gasteiger partial charge on any atom is 0.120 e. The average molecular weight is 447 g/mol. The van der Waals surface area contributed by atoms with E-state index in [1.165, 1.54) is 0 Å². The van der Waals surface area contributed by atoms with Crippen LogP contribution in [0.3, 0.4) is 0 Å². The molecule has 3 aromatic carbocycles. The molecule has 164 valence electrons. The third kappa shape index (κ3) is 3.85. The van der Waals surface area contributed by atoms with E-state index in [1.807, 2.05) is 42.5 Å². The SMILES string of the molecule is CCN(CC)Cc1cc(Nc2c3ccccc3nc3c2[nH]c2ccccc23)ccc1O.Cl. The predicted octanol–water partition coefficient (Wildman–Crippen LogP) is 6.58. The molecule has 0 aliphatic carbocycles. The van der Waals surface area contributed by atoms with Gasteiger partial charge in [-0.3, -0.25) is 4.90 Å². The number of aromatic nitrogens is 2. The fraction of sp³-hybridized carbons (Fsp3) is 0.192. The second-order valence-corrected chi connectivity index (χ2v) is 7.83. The number of para-hydroxylation sites is 2. The highest BCUT2D eigenvalue weighted by atomic mass is 35.5. The van der Waals surface area contributed by atoms with Crippen LogP contribution in [0.4, 0.5) is 11.4 Å². The lowest BCUT2D eigenvalue weighted by molar-refractivity contribution is 0.291. The van der Waals surface area contributed by atoms with Gasteiger partial charge in [0.25, 0.3) is 0 Å². The van der Waals surface area contributed by atoms with Crippen LogP contribution in [-0.4, -0.2) is 33.1 Å². The van der Waals surface area contributed by atoms with Gasteiger partial charge in [0.15, 0.2) is 0 Å². The Morgan fingerprint density at radius 3 is 2.44 bits per heavy atom. The first-order chi connectivity index (χ1) is 15.2. The molecule has 0 unspecified atom stereocenters. The van der Waals surface area contributed by atoms with Crippen molar-refractivity contribution in [3.05, 3.63) is 72.3 Å². The molecule has 2 aromatic heterocycles. The van der Waals surface area contributed by atoms with Crippen LogP contribution in [0.5, 0.6) is 5.75 Å². The summed E-state index contributed by atoms with van der Waals surface area (Å²) >= 11 is 0. The van der Waals surface area contributed by atoms with Gasteiger partial charge >= 0.3 is 0 Å². The third-order valence-corrected chi connectivity index (χ3v) is 5.97. The summed E-state index contributed by atoms with van der Waals surface area (Å²) in [6.07, 6.45) is 0. The number of hydrogen-bond acceptors (Lipinski definition) is 4. The van der Waals surface area contributed by atoms with Crippen molar-refractivity contribution in [2.75, 3.05) is 18.4 Å². The Labute approximate surface area is 193 Å². The number of halogens is 1. The molecule has 0 spiro atoms. The average Bonchev–Trinajstić information content (AvgIpc) is 3.17. The molecular formula is C26H27ClN4O. The number of nitrogens with one attached hydrogen (secondary N) is 2. The summed E-state index contributed by atoms with van der Waals surface area (Å²) in [6.45, 7) is 6.88. The minimum Gasteiger partial charge on any atom is -0.508 e. The van der Waals surface area contributed by atoms with Gasteiger partial charge in [-0.05, 0) is 43.4 Å². The first kappa shape index (κ1) is 21.9. The second-order valence-electron chi connectivity index (χ2n) is 7.83. The molecular weight excluding hydrogens is 420 g/mol. The highest BCUT2D eigenvalue weighted by molar-refractivity contribution is 6.16. The smallest absolute Gasteiger partial charge is 0.120 e. The van der Waals surface area contributed by atoms with E-state index in [0.29, 0.717) is 12.3 Å². The van der Waals surface area contributed by atoms with E-state index >= 15 is 0 Å². The first-order valence-electron chi connectivity index (χ1n) is 10.8. The molecule has 0 atom stereocenters. The van der Waals surface area contributed by atoms with Gasteiger partial charge in [0.2, 0.25) is 0 Å². The van der Waals surface area contributed by atoms with Crippen molar-refractivity contribution in [1.29, 1.82) is 0 Å². The lowest BCUT2D eigenvalue weighted by atomic mass is 10.1. The zero-order valence-electron chi connectivity index (χ0n) is 18.2. The Kier molecular flexibility index (Phi) is 6.21. The maximum atomic E-state index is 10.4. The van der Waals surface area contributed by atoms with Crippen molar-refractivity contribution in [2.45, 2.75) is 20.4 Å². The van der Waals surface area contributed by atoms with Gasteiger partial charge in [0, 0.05) is 34.1 Å². The van der Waals surface area contributed by atoms with Crippen molar-refractivity contribution in [3.8, 4) is 5.75 Å². The number of aromatic amines is 1. The van der Waals surface area contributed by atoms with E-state index in [4.69, 9.17) is 4.98 Å². The van der Waals surface area contributed by atoms with Gasteiger partial charge in [-0.15, -0.1) is 12.4 Å². The van der Waals surface area contributed by atoms with Crippen molar-refractivity contribution in [1.82, 2.24) is 14.9 Å². The summed E-state index contributed by atoms with van der Waals surface area (Å²) in [5.74, 6) is 0.327. The van der Waals surface area contributed by atoms with E-state index in [9.17, 15) is 5.11 Å². The fourth-order valence-electron chi connectivity index (χ4n) is 4.21. The zero-order chi connectivity index (χ0) is 21.4.